The fourth-order valence-electron chi connectivity index (χ4n) is 3.11. The molecule has 2 rings (SSSR count). The molecular weight excluding hydrogens is 202 g/mol. The first-order valence-corrected chi connectivity index (χ1v) is 6.66. The minimum absolute atomic E-state index is 0.257. The molecule has 5 atom stereocenters. The highest BCUT2D eigenvalue weighted by Crippen LogP contribution is 2.31. The number of methoxy groups -OCH3 is 1. The van der Waals surface area contributed by atoms with Gasteiger partial charge in [-0.3, -0.25) is 0 Å². The third kappa shape index (κ3) is 2.41. The molecule has 0 bridgehead atoms. The van der Waals surface area contributed by atoms with Crippen LogP contribution in [0.25, 0.3) is 0 Å². The summed E-state index contributed by atoms with van der Waals surface area (Å²) in [5, 5.41) is 3.75. The Kier molecular flexibility index (Phi) is 4.22. The van der Waals surface area contributed by atoms with E-state index in [2.05, 4.69) is 12.2 Å². The molecule has 0 spiro atoms. The van der Waals surface area contributed by atoms with Crippen molar-refractivity contribution in [1.82, 2.24) is 5.32 Å². The molecule has 3 heteroatoms. The largest absolute Gasteiger partial charge is 0.377 e. The van der Waals surface area contributed by atoms with Crippen LogP contribution in [0.3, 0.4) is 0 Å². The third-order valence-corrected chi connectivity index (χ3v) is 4.19. The first kappa shape index (κ1) is 12.3. The Labute approximate surface area is 98.9 Å². The number of hydrogen-bond donors (Lipinski definition) is 1. The lowest BCUT2D eigenvalue weighted by Gasteiger charge is -2.45. The van der Waals surface area contributed by atoms with E-state index in [-0.39, 0.29) is 6.10 Å². The molecule has 0 aromatic rings. The average Bonchev–Trinajstić information content (AvgIpc) is 2.63. The summed E-state index contributed by atoms with van der Waals surface area (Å²) in [4.78, 5) is 0. The summed E-state index contributed by atoms with van der Waals surface area (Å²) in [6.07, 6.45) is 5.75. The molecule has 0 heterocycles. The van der Waals surface area contributed by atoms with Gasteiger partial charge in [-0.2, -0.15) is 0 Å². The summed E-state index contributed by atoms with van der Waals surface area (Å²) in [5.41, 5.74) is 0. The van der Waals surface area contributed by atoms with Crippen molar-refractivity contribution in [2.24, 2.45) is 5.92 Å². The smallest absolute Gasteiger partial charge is 0.0986 e. The number of ether oxygens (including phenoxy) is 2. The summed E-state index contributed by atoms with van der Waals surface area (Å²) in [6.45, 7) is 5.19. The lowest BCUT2D eigenvalue weighted by molar-refractivity contribution is -0.133. The van der Waals surface area contributed by atoms with E-state index in [9.17, 15) is 0 Å². The van der Waals surface area contributed by atoms with Gasteiger partial charge in [-0.25, -0.2) is 0 Å². The summed E-state index contributed by atoms with van der Waals surface area (Å²) >= 11 is 0. The van der Waals surface area contributed by atoms with Crippen LogP contribution in [0.2, 0.25) is 0 Å². The Bertz CT molecular complexity index is 222. The van der Waals surface area contributed by atoms with Crippen LogP contribution in [0.5, 0.6) is 0 Å². The van der Waals surface area contributed by atoms with Gasteiger partial charge in [-0.15, -0.1) is 0 Å². The van der Waals surface area contributed by atoms with E-state index < -0.39 is 0 Å². The van der Waals surface area contributed by atoms with Crippen LogP contribution in [0, 0.1) is 5.92 Å². The van der Waals surface area contributed by atoms with Crippen LogP contribution < -0.4 is 5.32 Å². The Balaban J connectivity index is 1.78. The van der Waals surface area contributed by atoms with Crippen molar-refractivity contribution in [3.8, 4) is 0 Å². The van der Waals surface area contributed by atoms with Gasteiger partial charge in [0.05, 0.1) is 12.2 Å². The van der Waals surface area contributed by atoms with Gasteiger partial charge < -0.3 is 14.8 Å². The van der Waals surface area contributed by atoms with Gasteiger partial charge in [0, 0.05) is 25.8 Å². The Morgan fingerprint density at radius 3 is 2.62 bits per heavy atom. The molecule has 2 aliphatic carbocycles. The van der Waals surface area contributed by atoms with Gasteiger partial charge in [-0.1, -0.05) is 13.3 Å². The van der Waals surface area contributed by atoms with E-state index in [0.29, 0.717) is 18.2 Å². The van der Waals surface area contributed by atoms with Gasteiger partial charge in [0.1, 0.15) is 0 Å². The van der Waals surface area contributed by atoms with Crippen molar-refractivity contribution in [2.75, 3.05) is 13.7 Å². The van der Waals surface area contributed by atoms with E-state index in [1.54, 1.807) is 7.11 Å². The number of nitrogens with one attached hydrogen (secondary N) is 1. The quantitative estimate of drug-likeness (QED) is 0.779. The average molecular weight is 227 g/mol. The Morgan fingerprint density at radius 1 is 1.25 bits per heavy atom. The molecule has 5 unspecified atom stereocenters. The molecular formula is C13H25NO2. The van der Waals surface area contributed by atoms with Gasteiger partial charge in [0.2, 0.25) is 0 Å². The monoisotopic (exact) mass is 227 g/mol. The Morgan fingerprint density at radius 2 is 2.06 bits per heavy atom. The highest BCUT2D eigenvalue weighted by Gasteiger charge is 2.43. The van der Waals surface area contributed by atoms with E-state index in [0.717, 1.165) is 18.9 Å². The normalized spacial score (nSPS) is 43.3. The lowest BCUT2D eigenvalue weighted by Crippen LogP contribution is -2.62. The van der Waals surface area contributed by atoms with Crippen molar-refractivity contribution in [3.05, 3.63) is 0 Å². The van der Waals surface area contributed by atoms with E-state index in [1.807, 2.05) is 6.92 Å². The maximum Gasteiger partial charge on any atom is 0.0986 e. The molecule has 2 saturated carbocycles. The predicted octanol–water partition coefficient (Wildman–Crippen LogP) is 1.96. The van der Waals surface area contributed by atoms with E-state index >= 15 is 0 Å². The Hall–Kier alpha value is -0.120. The minimum atomic E-state index is 0.257. The summed E-state index contributed by atoms with van der Waals surface area (Å²) in [6, 6.07) is 1.21. The summed E-state index contributed by atoms with van der Waals surface area (Å²) in [5.74, 6) is 0.823. The van der Waals surface area contributed by atoms with Crippen molar-refractivity contribution < 1.29 is 9.47 Å². The second-order valence-corrected chi connectivity index (χ2v) is 5.22. The van der Waals surface area contributed by atoms with Gasteiger partial charge >= 0.3 is 0 Å². The summed E-state index contributed by atoms with van der Waals surface area (Å²) in [7, 11) is 1.79. The first-order valence-electron chi connectivity index (χ1n) is 6.66. The maximum atomic E-state index is 5.64. The zero-order chi connectivity index (χ0) is 11.5. The summed E-state index contributed by atoms with van der Waals surface area (Å²) < 4.78 is 11.2. The van der Waals surface area contributed by atoms with Gasteiger partial charge in [0.15, 0.2) is 0 Å². The predicted molar refractivity (Wildman–Crippen MR) is 64.6 cm³/mol. The van der Waals surface area contributed by atoms with Crippen molar-refractivity contribution in [3.63, 3.8) is 0 Å². The highest BCUT2D eigenvalue weighted by atomic mass is 16.5. The molecule has 2 fully saturated rings. The number of hydrogen-bond acceptors (Lipinski definition) is 3. The first-order chi connectivity index (χ1) is 7.76. The minimum Gasteiger partial charge on any atom is -0.377 e. The third-order valence-electron chi connectivity index (χ3n) is 4.19. The van der Waals surface area contributed by atoms with Crippen LogP contribution in [0.4, 0.5) is 0 Å². The van der Waals surface area contributed by atoms with Crippen LogP contribution in [-0.4, -0.2) is 38.0 Å². The van der Waals surface area contributed by atoms with Crippen LogP contribution >= 0.6 is 0 Å². The topological polar surface area (TPSA) is 30.5 Å². The highest BCUT2D eigenvalue weighted by molar-refractivity contribution is 4.99. The fraction of sp³-hybridized carbons (Fsp3) is 1.00. The maximum absolute atomic E-state index is 5.64. The molecule has 3 nitrogen and oxygen atoms in total. The van der Waals surface area contributed by atoms with Crippen molar-refractivity contribution in [1.29, 1.82) is 0 Å². The van der Waals surface area contributed by atoms with Gasteiger partial charge in [0.25, 0.3) is 0 Å². The van der Waals surface area contributed by atoms with E-state index in [4.69, 9.17) is 9.47 Å². The van der Waals surface area contributed by atoms with Crippen molar-refractivity contribution >= 4 is 0 Å². The molecule has 0 amide bonds. The standard InChI is InChI=1S/C13H25NO2/c1-4-16-12-8-11(13(12)15-3)14-10-7-5-6-9(10)2/h9-14H,4-8H2,1-3H3. The lowest BCUT2D eigenvalue weighted by atomic mass is 9.84. The molecule has 0 radical (unpaired) electrons. The second-order valence-electron chi connectivity index (χ2n) is 5.22. The SMILES string of the molecule is CCOC1CC(NC2CCCC2C)C1OC. The zero-order valence-corrected chi connectivity index (χ0v) is 10.7. The fourth-order valence-corrected chi connectivity index (χ4v) is 3.11. The molecule has 0 aromatic carbocycles. The van der Waals surface area contributed by atoms with Crippen LogP contribution in [0.1, 0.15) is 39.5 Å². The molecule has 0 saturated heterocycles. The van der Waals surface area contributed by atoms with Crippen LogP contribution in [-0.2, 0) is 9.47 Å². The molecule has 0 aliphatic heterocycles. The molecule has 2 aliphatic rings. The van der Waals surface area contributed by atoms with Crippen LogP contribution in [0.15, 0.2) is 0 Å². The zero-order valence-electron chi connectivity index (χ0n) is 10.7. The number of rotatable bonds is 5. The molecule has 1 N–H and O–H groups in total. The molecule has 94 valence electrons. The van der Waals surface area contributed by atoms with Gasteiger partial charge in [-0.05, 0) is 32.1 Å². The second kappa shape index (κ2) is 5.48. The van der Waals surface area contributed by atoms with Crippen molar-refractivity contribution in [2.45, 2.75) is 63.8 Å². The molecule has 0 aromatic heterocycles. The van der Waals surface area contributed by atoms with E-state index in [1.165, 1.54) is 19.3 Å². The molecule has 16 heavy (non-hydrogen) atoms.